The first-order valence-corrected chi connectivity index (χ1v) is 7.56. The highest BCUT2D eigenvalue weighted by molar-refractivity contribution is 8.00. The van der Waals surface area contributed by atoms with E-state index in [1.807, 2.05) is 23.8 Å². The summed E-state index contributed by atoms with van der Waals surface area (Å²) in [5.41, 5.74) is 6.79. The predicted octanol–water partition coefficient (Wildman–Crippen LogP) is 0.754. The van der Waals surface area contributed by atoms with Crippen LogP contribution in [0, 0.1) is 5.41 Å². The Morgan fingerprint density at radius 1 is 1.61 bits per heavy atom. The smallest absolute Gasteiger partial charge is 0.300 e. The highest BCUT2D eigenvalue weighted by Gasteiger charge is 2.49. The van der Waals surface area contributed by atoms with Gasteiger partial charge in [0.05, 0.1) is 11.1 Å². The highest BCUT2D eigenvalue weighted by Crippen LogP contribution is 2.36. The third-order valence-electron chi connectivity index (χ3n) is 2.76. The minimum Gasteiger partial charge on any atom is -0.382 e. The van der Waals surface area contributed by atoms with Crippen LogP contribution in [0.5, 0.6) is 0 Å². The summed E-state index contributed by atoms with van der Waals surface area (Å²) in [6.45, 7) is 2.05. The quantitative estimate of drug-likeness (QED) is 0.476. The molecule has 3 rings (SSSR count). The van der Waals surface area contributed by atoms with Crippen molar-refractivity contribution in [3.63, 3.8) is 0 Å². The van der Waals surface area contributed by atoms with E-state index >= 15 is 0 Å². The second kappa shape index (κ2) is 3.99. The molecule has 94 valence electrons. The number of thiazole rings is 1. The van der Waals surface area contributed by atoms with Crippen molar-refractivity contribution < 1.29 is 0 Å². The molecule has 0 spiro atoms. The molecular weight excluding hydrogens is 268 g/mol. The number of nitrogens with zero attached hydrogens (tertiary/aromatic N) is 4. The van der Waals surface area contributed by atoms with E-state index in [1.165, 1.54) is 11.3 Å². The molecule has 2 aliphatic rings. The molecule has 0 saturated carbocycles. The van der Waals surface area contributed by atoms with Crippen molar-refractivity contribution in [3.8, 4) is 0 Å². The van der Waals surface area contributed by atoms with E-state index in [-0.39, 0.29) is 22.2 Å². The van der Waals surface area contributed by atoms with Crippen LogP contribution in [0.15, 0.2) is 26.6 Å². The zero-order valence-electron chi connectivity index (χ0n) is 9.99. The number of hydrogen-bond acceptors (Lipinski definition) is 6. The van der Waals surface area contributed by atoms with Gasteiger partial charge in [-0.15, -0.1) is 11.3 Å². The summed E-state index contributed by atoms with van der Waals surface area (Å²) in [7, 11) is 1.87. The molecular formula is C10H13N6S2+. The molecule has 0 aliphatic carbocycles. The van der Waals surface area contributed by atoms with Crippen molar-refractivity contribution >= 4 is 34.4 Å². The van der Waals surface area contributed by atoms with Crippen molar-refractivity contribution in [1.29, 1.82) is 5.41 Å². The van der Waals surface area contributed by atoms with Gasteiger partial charge in [-0.1, -0.05) is 0 Å². The summed E-state index contributed by atoms with van der Waals surface area (Å²) in [5.74, 6) is 0.0302. The first kappa shape index (κ1) is 11.5. The van der Waals surface area contributed by atoms with Crippen molar-refractivity contribution in [1.82, 2.24) is 14.9 Å². The monoisotopic (exact) mass is 281 g/mol. The van der Waals surface area contributed by atoms with Crippen LogP contribution >= 0.6 is 11.3 Å². The van der Waals surface area contributed by atoms with Gasteiger partial charge in [0.25, 0.3) is 5.03 Å². The number of nitrogens with two attached hydrogens (primary N) is 1. The Bertz CT molecular complexity index is 562. The van der Waals surface area contributed by atoms with E-state index < -0.39 is 0 Å². The molecule has 3 N–H and O–H groups in total. The Kier molecular flexibility index (Phi) is 2.56. The Balaban J connectivity index is 1.94. The van der Waals surface area contributed by atoms with Gasteiger partial charge in [0.15, 0.2) is 16.3 Å². The summed E-state index contributed by atoms with van der Waals surface area (Å²) in [6, 6.07) is 0. The third kappa shape index (κ3) is 1.60. The molecule has 3 heterocycles. The molecule has 0 aromatic carbocycles. The fourth-order valence-corrected chi connectivity index (χ4v) is 5.10. The first-order valence-electron chi connectivity index (χ1n) is 5.33. The van der Waals surface area contributed by atoms with Crippen molar-refractivity contribution in [2.75, 3.05) is 7.05 Å². The Morgan fingerprint density at radius 2 is 2.39 bits per heavy atom. The van der Waals surface area contributed by atoms with Crippen molar-refractivity contribution in [3.05, 3.63) is 21.5 Å². The van der Waals surface area contributed by atoms with Gasteiger partial charge >= 0.3 is 5.50 Å². The molecule has 6 nitrogen and oxygen atoms in total. The van der Waals surface area contributed by atoms with E-state index in [4.69, 9.17) is 11.1 Å². The summed E-state index contributed by atoms with van der Waals surface area (Å²) in [4.78, 5) is 6.54. The molecule has 0 radical (unpaired) electrons. The Morgan fingerprint density at radius 3 is 3.06 bits per heavy atom. The molecule has 0 bridgehead atoms. The van der Waals surface area contributed by atoms with Crippen LogP contribution in [0.4, 0.5) is 0 Å². The maximum Gasteiger partial charge on any atom is 0.300 e. The molecule has 18 heavy (non-hydrogen) atoms. The lowest BCUT2D eigenvalue weighted by Crippen LogP contribution is -2.38. The third-order valence-corrected chi connectivity index (χ3v) is 6.06. The zero-order valence-corrected chi connectivity index (χ0v) is 11.6. The minimum absolute atomic E-state index is 0.0302. The first-order chi connectivity index (χ1) is 8.58. The van der Waals surface area contributed by atoms with E-state index in [1.54, 1.807) is 0 Å². The largest absolute Gasteiger partial charge is 0.382 e. The molecule has 2 unspecified atom stereocenters. The minimum atomic E-state index is -0.140. The number of hydrogen-bond donors (Lipinski definition) is 2. The number of nitrogens with one attached hydrogen (secondary N) is 1. The number of nitrogen functional groups attached to an aromatic ring is 1. The Hall–Kier alpha value is -1.54. The fourth-order valence-electron chi connectivity index (χ4n) is 1.93. The SMILES string of the molecule is CC1=C[S+](c2csc(C(=N)N)n2)C2N(C)C=NN12. The maximum absolute atomic E-state index is 7.41. The average molecular weight is 281 g/mol. The number of amidine groups is 1. The summed E-state index contributed by atoms with van der Waals surface area (Å²) in [5, 5.41) is 19.5. The molecule has 2 atom stereocenters. The van der Waals surface area contributed by atoms with Gasteiger partial charge in [0.1, 0.15) is 17.2 Å². The van der Waals surface area contributed by atoms with Gasteiger partial charge in [0.2, 0.25) is 0 Å². The molecule has 0 fully saturated rings. The van der Waals surface area contributed by atoms with Gasteiger partial charge in [-0.25, -0.2) is 0 Å². The van der Waals surface area contributed by atoms with Crippen molar-refractivity contribution in [2.24, 2.45) is 10.8 Å². The van der Waals surface area contributed by atoms with Crippen LogP contribution in [-0.4, -0.2) is 39.6 Å². The molecule has 0 amide bonds. The molecule has 0 saturated heterocycles. The van der Waals surface area contributed by atoms with Gasteiger partial charge in [-0.3, -0.25) is 10.3 Å². The number of fused-ring (bicyclic) bond motifs is 1. The Labute approximate surface area is 112 Å². The van der Waals surface area contributed by atoms with Crippen LogP contribution in [-0.2, 0) is 10.9 Å². The second-order valence-electron chi connectivity index (χ2n) is 4.10. The lowest BCUT2D eigenvalue weighted by atomic mass is 10.5. The molecule has 2 aliphatic heterocycles. The second-order valence-corrected chi connectivity index (χ2v) is 6.78. The van der Waals surface area contributed by atoms with Crippen LogP contribution in [0.2, 0.25) is 0 Å². The lowest BCUT2D eigenvalue weighted by molar-refractivity contribution is 0.283. The number of rotatable bonds is 2. The fraction of sp³-hybridized carbons (Fsp3) is 0.300. The standard InChI is InChI=1S/C10H13N6S2/c1-6-4-18(10-15(2)5-13-16(6)10)7-3-17-9(14-7)8(11)12/h3-5,10H,1-2H3,(H3,11,12)/q+1. The number of allylic oxidation sites excluding steroid dienone is 1. The van der Waals surface area contributed by atoms with Crippen LogP contribution in [0.1, 0.15) is 11.9 Å². The zero-order chi connectivity index (χ0) is 12.9. The van der Waals surface area contributed by atoms with Gasteiger partial charge in [0, 0.05) is 7.05 Å². The highest BCUT2D eigenvalue weighted by atomic mass is 32.2. The summed E-state index contributed by atoms with van der Waals surface area (Å²) >= 11 is 1.42. The lowest BCUT2D eigenvalue weighted by Gasteiger charge is -2.18. The van der Waals surface area contributed by atoms with E-state index in [2.05, 4.69) is 27.3 Å². The molecule has 1 aromatic rings. The van der Waals surface area contributed by atoms with Crippen LogP contribution in [0.25, 0.3) is 0 Å². The van der Waals surface area contributed by atoms with Gasteiger partial charge < -0.3 is 5.73 Å². The van der Waals surface area contributed by atoms with E-state index in [9.17, 15) is 0 Å². The van der Waals surface area contributed by atoms with Gasteiger partial charge in [-0.2, -0.15) is 15.1 Å². The molecule has 8 heteroatoms. The summed E-state index contributed by atoms with van der Waals surface area (Å²) < 4.78 is 0. The predicted molar refractivity (Wildman–Crippen MR) is 74.4 cm³/mol. The topological polar surface area (TPSA) is 81.6 Å². The van der Waals surface area contributed by atoms with E-state index in [0.29, 0.717) is 5.01 Å². The maximum atomic E-state index is 7.41. The van der Waals surface area contributed by atoms with Crippen LogP contribution < -0.4 is 5.73 Å². The van der Waals surface area contributed by atoms with Crippen molar-refractivity contribution in [2.45, 2.75) is 17.4 Å². The average Bonchev–Trinajstić information content (AvgIpc) is 2.97. The normalized spacial score (nSPS) is 25.6. The molecule has 1 aromatic heterocycles. The van der Waals surface area contributed by atoms with E-state index in [0.717, 1.165) is 10.7 Å². The van der Waals surface area contributed by atoms with Crippen LogP contribution in [0.3, 0.4) is 0 Å². The number of aromatic nitrogens is 1. The van der Waals surface area contributed by atoms with Gasteiger partial charge in [-0.05, 0) is 6.92 Å². The number of hydrazone groups is 1. The summed E-state index contributed by atoms with van der Waals surface area (Å²) in [6.07, 6.45) is 1.83.